The second kappa shape index (κ2) is 9.61. The lowest BCUT2D eigenvalue weighted by Crippen LogP contribution is -2.55. The number of allylic oxidation sites excluding steroid dienone is 2. The molecular weight excluding hydrogens is 430 g/mol. The minimum Gasteiger partial charge on any atom is -0.392 e. The summed E-state index contributed by atoms with van der Waals surface area (Å²) in [5.74, 6) is -2.00. The number of ketones is 1. The van der Waals surface area contributed by atoms with E-state index in [1.165, 1.54) is 6.08 Å². The zero-order chi connectivity index (χ0) is 24.6. The van der Waals surface area contributed by atoms with Crippen LogP contribution in [0.3, 0.4) is 0 Å². The van der Waals surface area contributed by atoms with Gasteiger partial charge in [-0.2, -0.15) is 0 Å². The van der Waals surface area contributed by atoms with Gasteiger partial charge in [-0.05, 0) is 49.8 Å². The predicted octanol–water partition coefficient (Wildman–Crippen LogP) is 3.87. The summed E-state index contributed by atoms with van der Waals surface area (Å²) in [5.41, 5.74) is 1.36. The van der Waals surface area contributed by atoms with Crippen LogP contribution in [0.4, 0.5) is 0 Å². The molecule has 6 nitrogen and oxygen atoms in total. The summed E-state index contributed by atoms with van der Waals surface area (Å²) in [5, 5.41) is 23.7. The fourth-order valence-electron chi connectivity index (χ4n) is 6.26. The Morgan fingerprint density at radius 2 is 1.79 bits per heavy atom. The predicted molar refractivity (Wildman–Crippen MR) is 130 cm³/mol. The molecule has 0 aromatic heterocycles. The number of carbonyl (C=O) groups excluding carboxylic acids is 2. The lowest BCUT2D eigenvalue weighted by atomic mass is 9.55. The van der Waals surface area contributed by atoms with Crippen molar-refractivity contribution in [1.82, 2.24) is 5.32 Å². The summed E-state index contributed by atoms with van der Waals surface area (Å²) in [6.07, 6.45) is 6.69. The summed E-state index contributed by atoms with van der Waals surface area (Å²) in [6, 6.07) is 9.65. The number of benzene rings is 1. The van der Waals surface area contributed by atoms with Crippen LogP contribution < -0.4 is 5.32 Å². The lowest BCUT2D eigenvalue weighted by molar-refractivity contribution is -0.284. The first-order chi connectivity index (χ1) is 16.2. The molecule has 0 unspecified atom stereocenters. The molecule has 1 aliphatic heterocycles. The quantitative estimate of drug-likeness (QED) is 0.273. The van der Waals surface area contributed by atoms with Crippen molar-refractivity contribution in [2.75, 3.05) is 0 Å². The zero-order valence-corrected chi connectivity index (χ0v) is 20.3. The number of rotatable bonds is 3. The van der Waals surface area contributed by atoms with Crippen molar-refractivity contribution >= 4 is 11.7 Å². The minimum atomic E-state index is -1.44. The van der Waals surface area contributed by atoms with Crippen molar-refractivity contribution in [2.24, 2.45) is 29.1 Å². The van der Waals surface area contributed by atoms with E-state index in [-0.39, 0.29) is 29.6 Å². The Bertz CT molecular complexity index is 1030. The Balaban J connectivity index is 1.89. The summed E-state index contributed by atoms with van der Waals surface area (Å²) >= 11 is 0. The Labute approximate surface area is 201 Å². The van der Waals surface area contributed by atoms with Crippen LogP contribution >= 0.6 is 0 Å². The smallest absolute Gasteiger partial charge is 0.235 e. The highest BCUT2D eigenvalue weighted by molar-refractivity contribution is 6.14. The molecule has 34 heavy (non-hydrogen) atoms. The van der Waals surface area contributed by atoms with Crippen LogP contribution in [-0.2, 0) is 20.9 Å². The number of hydrogen-bond donors (Lipinski definition) is 3. The molecule has 1 fully saturated rings. The van der Waals surface area contributed by atoms with E-state index in [0.717, 1.165) is 16.7 Å². The molecular formula is C28H35NO5. The molecule has 0 saturated carbocycles. The summed E-state index contributed by atoms with van der Waals surface area (Å²) in [7, 11) is 0. The monoisotopic (exact) mass is 465 g/mol. The second-order valence-corrected chi connectivity index (χ2v) is 10.2. The van der Waals surface area contributed by atoms with Crippen molar-refractivity contribution in [3.8, 4) is 0 Å². The van der Waals surface area contributed by atoms with Gasteiger partial charge in [0.15, 0.2) is 5.78 Å². The van der Waals surface area contributed by atoms with Crippen molar-refractivity contribution < 1.29 is 24.8 Å². The Morgan fingerprint density at radius 3 is 2.47 bits per heavy atom. The molecule has 6 heteroatoms. The Morgan fingerprint density at radius 1 is 1.09 bits per heavy atom. The Kier molecular flexibility index (Phi) is 6.94. The minimum absolute atomic E-state index is 0.0328. The van der Waals surface area contributed by atoms with Gasteiger partial charge in [0.05, 0.1) is 6.10 Å². The van der Waals surface area contributed by atoms with Crippen LogP contribution in [-0.4, -0.2) is 40.3 Å². The highest BCUT2D eigenvalue weighted by Crippen LogP contribution is 2.55. The van der Waals surface area contributed by atoms with Crippen LogP contribution in [0.2, 0.25) is 0 Å². The van der Waals surface area contributed by atoms with E-state index in [0.29, 0.717) is 12.8 Å². The third-order valence-electron chi connectivity index (χ3n) is 8.30. The SMILES string of the molecule is CC1=C(C)[C@H]2[C@H](Cc3ccccc3)NC(=O)[C@]23C(=O)C=C[C@H](C)[C@H](O)[C@@H](C)CC=C[C@H]3[C@@H]1OO. The van der Waals surface area contributed by atoms with E-state index in [1.807, 2.05) is 70.2 Å². The number of carbonyl (C=O) groups is 2. The molecule has 182 valence electrons. The van der Waals surface area contributed by atoms with Crippen LogP contribution in [0.25, 0.3) is 0 Å². The third-order valence-corrected chi connectivity index (χ3v) is 8.30. The van der Waals surface area contributed by atoms with Gasteiger partial charge in [-0.25, -0.2) is 4.89 Å². The Hall–Kier alpha value is -2.54. The van der Waals surface area contributed by atoms with Gasteiger partial charge >= 0.3 is 0 Å². The maximum absolute atomic E-state index is 14.0. The van der Waals surface area contributed by atoms with Crippen molar-refractivity contribution in [2.45, 2.75) is 58.8 Å². The first-order valence-electron chi connectivity index (χ1n) is 12.1. The van der Waals surface area contributed by atoms with E-state index in [2.05, 4.69) is 5.32 Å². The van der Waals surface area contributed by atoms with Gasteiger partial charge in [-0.1, -0.05) is 68.0 Å². The van der Waals surface area contributed by atoms with E-state index in [4.69, 9.17) is 4.89 Å². The molecule has 1 aromatic carbocycles. The number of amides is 1. The zero-order valence-electron chi connectivity index (χ0n) is 20.3. The topological polar surface area (TPSA) is 95.9 Å². The molecule has 0 radical (unpaired) electrons. The van der Waals surface area contributed by atoms with Crippen molar-refractivity contribution in [3.63, 3.8) is 0 Å². The lowest BCUT2D eigenvalue weighted by Gasteiger charge is -2.46. The summed E-state index contributed by atoms with van der Waals surface area (Å²) in [4.78, 5) is 32.8. The molecule has 1 spiro atoms. The number of nitrogens with one attached hydrogen (secondary N) is 1. The summed E-state index contributed by atoms with van der Waals surface area (Å²) in [6.45, 7) is 7.67. The molecule has 1 aromatic rings. The second-order valence-electron chi connectivity index (χ2n) is 10.2. The van der Waals surface area contributed by atoms with Crippen molar-refractivity contribution in [3.05, 3.63) is 71.3 Å². The van der Waals surface area contributed by atoms with Gasteiger partial charge in [0, 0.05) is 23.8 Å². The first-order valence-corrected chi connectivity index (χ1v) is 12.1. The maximum atomic E-state index is 14.0. The molecule has 1 amide bonds. The third kappa shape index (κ3) is 3.88. The highest BCUT2D eigenvalue weighted by Gasteiger charge is 2.66. The van der Waals surface area contributed by atoms with Crippen LogP contribution in [0.15, 0.2) is 65.8 Å². The molecule has 0 bridgehead atoms. The highest BCUT2D eigenvalue weighted by atomic mass is 17.1. The normalized spacial score (nSPS) is 38.2. The van der Waals surface area contributed by atoms with Gasteiger partial charge < -0.3 is 10.4 Å². The fraction of sp³-hybridized carbons (Fsp3) is 0.500. The van der Waals surface area contributed by atoms with Crippen molar-refractivity contribution in [1.29, 1.82) is 0 Å². The summed E-state index contributed by atoms with van der Waals surface area (Å²) < 4.78 is 0. The molecule has 2 aliphatic carbocycles. The van der Waals surface area contributed by atoms with Crippen LogP contribution in [0, 0.1) is 29.1 Å². The number of aliphatic hydroxyl groups excluding tert-OH is 1. The van der Waals surface area contributed by atoms with Crippen LogP contribution in [0.5, 0.6) is 0 Å². The van der Waals surface area contributed by atoms with Gasteiger partial charge in [-0.15, -0.1) is 0 Å². The van der Waals surface area contributed by atoms with E-state index in [9.17, 15) is 20.0 Å². The molecule has 1 heterocycles. The van der Waals surface area contributed by atoms with Crippen LogP contribution in [0.1, 0.15) is 39.7 Å². The van der Waals surface area contributed by atoms with Gasteiger partial charge in [-0.3, -0.25) is 14.8 Å². The average Bonchev–Trinajstić information content (AvgIpc) is 3.11. The molecule has 8 atom stereocenters. The first kappa shape index (κ1) is 24.6. The van der Waals surface area contributed by atoms with Gasteiger partial charge in [0.2, 0.25) is 5.91 Å². The fourth-order valence-corrected chi connectivity index (χ4v) is 6.26. The standard InChI is InChI=1S/C28H35NO5/c1-16-9-8-12-21-26(34-33)19(4)18(3)24-22(15-20-10-6-5-7-11-20)29-27(32)28(21,24)23(30)14-13-17(2)25(16)31/h5-8,10-14,16-17,21-22,24-26,31,33H,9,15H2,1-4H3,(H,29,32)/t16-,17-,21-,22-,24-,25+,26+,28+/m0/s1. The molecule has 3 aliphatic rings. The maximum Gasteiger partial charge on any atom is 0.235 e. The molecule has 4 rings (SSSR count). The number of hydrogen-bond acceptors (Lipinski definition) is 5. The van der Waals surface area contributed by atoms with E-state index < -0.39 is 29.5 Å². The number of aliphatic hydroxyl groups is 1. The van der Waals surface area contributed by atoms with E-state index >= 15 is 0 Å². The molecule has 1 saturated heterocycles. The van der Waals surface area contributed by atoms with E-state index in [1.54, 1.807) is 6.08 Å². The average molecular weight is 466 g/mol. The largest absolute Gasteiger partial charge is 0.392 e. The van der Waals surface area contributed by atoms with Gasteiger partial charge in [0.25, 0.3) is 0 Å². The van der Waals surface area contributed by atoms with Gasteiger partial charge in [0.1, 0.15) is 11.5 Å². The molecule has 3 N–H and O–H groups in total.